The maximum absolute atomic E-state index is 13.0. The summed E-state index contributed by atoms with van der Waals surface area (Å²) in [7, 11) is 3.31. The van der Waals surface area contributed by atoms with Gasteiger partial charge in [0.15, 0.2) is 5.76 Å². The second-order valence-electron chi connectivity index (χ2n) is 6.83. The van der Waals surface area contributed by atoms with E-state index in [0.29, 0.717) is 32.0 Å². The molecule has 0 aromatic carbocycles. The molecule has 4 atom stereocenters. The molecule has 8 nitrogen and oxygen atoms in total. The molecule has 134 valence electrons. The van der Waals surface area contributed by atoms with Crippen molar-refractivity contribution < 1.29 is 23.6 Å². The molecule has 4 rings (SSSR count). The summed E-state index contributed by atoms with van der Waals surface area (Å²) in [4.78, 5) is 29.2. The van der Waals surface area contributed by atoms with Crippen molar-refractivity contribution in [1.29, 1.82) is 0 Å². The van der Waals surface area contributed by atoms with Crippen molar-refractivity contribution in [1.82, 2.24) is 15.0 Å². The Balaban J connectivity index is 1.53. The van der Waals surface area contributed by atoms with Crippen LogP contribution >= 0.6 is 0 Å². The van der Waals surface area contributed by atoms with Crippen molar-refractivity contribution in [3.8, 4) is 0 Å². The molecule has 3 aliphatic heterocycles. The smallest absolute Gasteiger partial charge is 0.230 e. The molecular formula is C17H21N3O5. The van der Waals surface area contributed by atoms with E-state index in [1.54, 1.807) is 36.2 Å². The quantitative estimate of drug-likeness (QED) is 0.677. The largest absolute Gasteiger partial charge is 0.383 e. The molecule has 0 aliphatic carbocycles. The minimum atomic E-state index is -0.678. The third kappa shape index (κ3) is 2.47. The zero-order valence-corrected chi connectivity index (χ0v) is 14.3. The fourth-order valence-corrected chi connectivity index (χ4v) is 4.14. The maximum Gasteiger partial charge on any atom is 0.230 e. The highest BCUT2D eigenvalue weighted by atomic mass is 16.5. The van der Waals surface area contributed by atoms with Gasteiger partial charge in [0.1, 0.15) is 5.60 Å². The van der Waals surface area contributed by atoms with E-state index >= 15 is 0 Å². The fraction of sp³-hybridized carbons (Fsp3) is 0.588. The first-order valence-corrected chi connectivity index (χ1v) is 8.35. The minimum absolute atomic E-state index is 0.0321. The molecule has 1 aromatic rings. The lowest BCUT2D eigenvalue weighted by Crippen LogP contribution is -2.44. The average Bonchev–Trinajstić information content (AvgIpc) is 3.35. The van der Waals surface area contributed by atoms with E-state index in [4.69, 9.17) is 14.0 Å². The highest BCUT2D eigenvalue weighted by molar-refractivity contribution is 5.92. The fourth-order valence-electron chi connectivity index (χ4n) is 4.14. The van der Waals surface area contributed by atoms with Crippen LogP contribution in [-0.4, -0.2) is 72.3 Å². The summed E-state index contributed by atoms with van der Waals surface area (Å²) < 4.78 is 16.2. The number of nitrogens with zero attached hydrogens (tertiary/aromatic N) is 3. The van der Waals surface area contributed by atoms with Crippen LogP contribution in [0.25, 0.3) is 0 Å². The van der Waals surface area contributed by atoms with E-state index in [1.165, 1.54) is 0 Å². The van der Waals surface area contributed by atoms with Crippen LogP contribution in [0, 0.1) is 11.8 Å². The van der Waals surface area contributed by atoms with E-state index in [9.17, 15) is 9.59 Å². The molecule has 0 saturated carbocycles. The van der Waals surface area contributed by atoms with Gasteiger partial charge in [0.2, 0.25) is 11.8 Å². The number of hydrogen-bond acceptors (Lipinski definition) is 6. The molecule has 25 heavy (non-hydrogen) atoms. The zero-order valence-electron chi connectivity index (χ0n) is 14.3. The minimum Gasteiger partial charge on any atom is -0.383 e. The first-order chi connectivity index (χ1) is 12.1. The summed E-state index contributed by atoms with van der Waals surface area (Å²) in [6, 6.07) is 1.72. The number of carbonyl (C=O) groups is 2. The Morgan fingerprint density at radius 1 is 1.56 bits per heavy atom. The topological polar surface area (TPSA) is 85.1 Å². The van der Waals surface area contributed by atoms with Gasteiger partial charge in [-0.05, 0) is 0 Å². The number of rotatable bonds is 6. The molecule has 0 unspecified atom stereocenters. The van der Waals surface area contributed by atoms with Gasteiger partial charge in [-0.1, -0.05) is 17.3 Å². The summed E-state index contributed by atoms with van der Waals surface area (Å²) in [5.41, 5.74) is -0.678. The number of amides is 2. The van der Waals surface area contributed by atoms with Crippen molar-refractivity contribution in [2.24, 2.45) is 11.8 Å². The lowest BCUT2D eigenvalue weighted by atomic mass is 9.76. The molecule has 4 heterocycles. The van der Waals surface area contributed by atoms with Crippen LogP contribution in [0.1, 0.15) is 5.76 Å². The summed E-state index contributed by atoms with van der Waals surface area (Å²) in [6.45, 7) is 1.76. The van der Waals surface area contributed by atoms with Crippen molar-refractivity contribution >= 4 is 11.8 Å². The maximum atomic E-state index is 13.0. The number of ether oxygens (including phenoxy) is 2. The summed E-state index contributed by atoms with van der Waals surface area (Å²) in [5, 5.41) is 3.65. The number of aromatic nitrogens is 1. The van der Waals surface area contributed by atoms with Crippen LogP contribution in [0.4, 0.5) is 0 Å². The van der Waals surface area contributed by atoms with Crippen LogP contribution in [0.5, 0.6) is 0 Å². The SMILES string of the molecule is COCCN1C[C@]23C=C[C@H](O2)[C@@H](C(=O)N(C)Cc2ccno2)[C@H]3C1=O. The van der Waals surface area contributed by atoms with Gasteiger partial charge in [0, 0.05) is 26.8 Å². The van der Waals surface area contributed by atoms with Gasteiger partial charge in [-0.2, -0.15) is 0 Å². The van der Waals surface area contributed by atoms with Gasteiger partial charge in [-0.15, -0.1) is 0 Å². The predicted molar refractivity (Wildman–Crippen MR) is 85.2 cm³/mol. The highest BCUT2D eigenvalue weighted by Gasteiger charge is 2.66. The van der Waals surface area contributed by atoms with Crippen LogP contribution < -0.4 is 0 Å². The monoisotopic (exact) mass is 347 g/mol. The molecule has 0 N–H and O–H groups in total. The number of hydrogen-bond donors (Lipinski definition) is 0. The molecular weight excluding hydrogens is 326 g/mol. The van der Waals surface area contributed by atoms with Crippen molar-refractivity contribution in [2.45, 2.75) is 18.2 Å². The Labute approximate surface area is 145 Å². The van der Waals surface area contributed by atoms with Gasteiger partial charge in [0.25, 0.3) is 0 Å². The molecule has 2 amide bonds. The number of likely N-dealkylation sites (tertiary alicyclic amines) is 1. The van der Waals surface area contributed by atoms with Crippen LogP contribution in [-0.2, 0) is 25.6 Å². The Morgan fingerprint density at radius 3 is 3.12 bits per heavy atom. The van der Waals surface area contributed by atoms with Crippen LogP contribution in [0.15, 0.2) is 28.9 Å². The Bertz CT molecular complexity index is 703. The van der Waals surface area contributed by atoms with Crippen LogP contribution in [0.3, 0.4) is 0 Å². The molecule has 3 aliphatic rings. The summed E-state index contributed by atoms with van der Waals surface area (Å²) in [6.07, 6.45) is 5.06. The number of methoxy groups -OCH3 is 1. The molecule has 1 aromatic heterocycles. The van der Waals surface area contributed by atoms with Crippen molar-refractivity contribution in [3.05, 3.63) is 30.2 Å². The van der Waals surface area contributed by atoms with E-state index in [1.807, 2.05) is 12.2 Å². The van der Waals surface area contributed by atoms with Gasteiger partial charge in [-0.25, -0.2) is 0 Å². The van der Waals surface area contributed by atoms with Crippen molar-refractivity contribution in [3.63, 3.8) is 0 Å². The summed E-state index contributed by atoms with van der Waals surface area (Å²) in [5.74, 6) is -0.512. The first-order valence-electron chi connectivity index (χ1n) is 8.35. The van der Waals surface area contributed by atoms with E-state index < -0.39 is 17.4 Å². The molecule has 2 saturated heterocycles. The lowest BCUT2D eigenvalue weighted by Gasteiger charge is -2.27. The highest BCUT2D eigenvalue weighted by Crippen LogP contribution is 2.52. The first kappa shape index (κ1) is 16.3. The van der Waals surface area contributed by atoms with Gasteiger partial charge in [-0.3, -0.25) is 9.59 Å². The van der Waals surface area contributed by atoms with Crippen LogP contribution in [0.2, 0.25) is 0 Å². The van der Waals surface area contributed by atoms with E-state index in [0.717, 1.165) is 0 Å². The summed E-state index contributed by atoms with van der Waals surface area (Å²) >= 11 is 0. The zero-order chi connectivity index (χ0) is 17.6. The normalized spacial score (nSPS) is 32.5. The van der Waals surface area contributed by atoms with Gasteiger partial charge >= 0.3 is 0 Å². The third-order valence-electron chi connectivity index (χ3n) is 5.29. The second kappa shape index (κ2) is 5.96. The Morgan fingerprint density at radius 2 is 2.40 bits per heavy atom. The standard InChI is InChI=1S/C17H21N3O5/c1-19(9-11-4-6-18-25-11)15(21)13-12-3-5-17(24-12)10-20(7-8-23-2)16(22)14(13)17/h3-6,12-14H,7-10H2,1-2H3/t12-,13+,14-,17-/m0/s1. The molecule has 2 bridgehead atoms. The molecule has 1 spiro atoms. The van der Waals surface area contributed by atoms with Gasteiger partial charge < -0.3 is 23.8 Å². The lowest BCUT2D eigenvalue weighted by molar-refractivity contribution is -0.143. The van der Waals surface area contributed by atoms with Gasteiger partial charge in [0.05, 0.1) is 43.8 Å². The van der Waals surface area contributed by atoms with Crippen molar-refractivity contribution in [2.75, 3.05) is 33.9 Å². The second-order valence-corrected chi connectivity index (χ2v) is 6.83. The molecule has 0 radical (unpaired) electrons. The molecule has 2 fully saturated rings. The average molecular weight is 347 g/mol. The number of carbonyl (C=O) groups excluding carboxylic acids is 2. The Hall–Kier alpha value is -2.19. The van der Waals surface area contributed by atoms with E-state index in [-0.39, 0.29) is 17.9 Å². The Kier molecular flexibility index (Phi) is 3.88. The molecule has 8 heteroatoms. The third-order valence-corrected chi connectivity index (χ3v) is 5.29. The number of fused-ring (bicyclic) bond motifs is 1. The van der Waals surface area contributed by atoms with E-state index in [2.05, 4.69) is 5.16 Å². The predicted octanol–water partition coefficient (Wildman–Crippen LogP) is 0.0614.